The molecule has 1 fully saturated rings. The first-order valence-electron chi connectivity index (χ1n) is 14.5. The van der Waals surface area contributed by atoms with Crippen LogP contribution < -0.4 is 9.47 Å². The first kappa shape index (κ1) is 29.2. The molecule has 1 saturated carbocycles. The van der Waals surface area contributed by atoms with E-state index in [-0.39, 0.29) is 30.4 Å². The Morgan fingerprint density at radius 1 is 0.925 bits per heavy atom. The standard InChI is InChI=1S/C33H43N3O4/c1-5-25(2)35(33(38)32-29(39-3)19-12-20-30(32)40-4)24-31(37)36(27-16-10-7-11-17-27)23-28-18-13-21-34(28)22-26-14-8-6-9-15-26/h6,8-9,12-15,18-21,25,27H,5,7,10-11,16-17,22-24H2,1-4H3. The Labute approximate surface area is 238 Å². The van der Waals surface area contributed by atoms with Crippen molar-refractivity contribution in [2.45, 2.75) is 77.5 Å². The third kappa shape index (κ3) is 6.87. The van der Waals surface area contributed by atoms with Crippen LogP contribution >= 0.6 is 0 Å². The highest BCUT2D eigenvalue weighted by molar-refractivity contribution is 6.01. The fraction of sp³-hybridized carbons (Fsp3) is 0.455. The van der Waals surface area contributed by atoms with Crippen LogP contribution in [0.1, 0.15) is 74.0 Å². The second kappa shape index (κ2) is 14.1. The molecule has 0 aliphatic heterocycles. The average molecular weight is 546 g/mol. The zero-order valence-electron chi connectivity index (χ0n) is 24.3. The van der Waals surface area contributed by atoms with E-state index in [0.717, 1.165) is 44.3 Å². The Bertz CT molecular complexity index is 1230. The van der Waals surface area contributed by atoms with Gasteiger partial charge in [0.2, 0.25) is 5.91 Å². The van der Waals surface area contributed by atoms with Gasteiger partial charge in [-0.05, 0) is 56.0 Å². The monoisotopic (exact) mass is 545 g/mol. The van der Waals surface area contributed by atoms with Crippen molar-refractivity contribution in [2.75, 3.05) is 20.8 Å². The lowest BCUT2D eigenvalue weighted by Crippen LogP contribution is -2.49. The SMILES string of the molecule is CCC(C)N(CC(=O)N(Cc1cccn1Cc1ccccc1)C1CCCCC1)C(=O)c1c(OC)cccc1OC. The first-order valence-corrected chi connectivity index (χ1v) is 14.5. The molecule has 214 valence electrons. The van der Waals surface area contributed by atoms with E-state index in [1.54, 1.807) is 37.3 Å². The van der Waals surface area contributed by atoms with Gasteiger partial charge in [0, 0.05) is 30.5 Å². The number of aromatic nitrogens is 1. The molecule has 1 aliphatic carbocycles. The fourth-order valence-electron chi connectivity index (χ4n) is 5.61. The number of rotatable bonds is 12. The molecule has 1 unspecified atom stereocenters. The van der Waals surface area contributed by atoms with E-state index < -0.39 is 0 Å². The van der Waals surface area contributed by atoms with Crippen LogP contribution in [0.25, 0.3) is 0 Å². The molecule has 7 nitrogen and oxygen atoms in total. The van der Waals surface area contributed by atoms with Crippen molar-refractivity contribution in [3.05, 3.63) is 83.7 Å². The number of hydrogen-bond donors (Lipinski definition) is 0. The van der Waals surface area contributed by atoms with E-state index in [1.807, 2.05) is 43.0 Å². The molecule has 0 spiro atoms. The predicted molar refractivity (Wildman–Crippen MR) is 158 cm³/mol. The molecule has 2 aromatic carbocycles. The van der Waals surface area contributed by atoms with Crippen molar-refractivity contribution >= 4 is 11.8 Å². The minimum atomic E-state index is -0.256. The van der Waals surface area contributed by atoms with E-state index in [1.165, 1.54) is 12.0 Å². The third-order valence-electron chi connectivity index (χ3n) is 8.12. The Morgan fingerprint density at radius 2 is 1.60 bits per heavy atom. The first-order chi connectivity index (χ1) is 19.5. The number of ether oxygens (including phenoxy) is 2. The van der Waals surface area contributed by atoms with Crippen molar-refractivity contribution in [3.8, 4) is 11.5 Å². The van der Waals surface area contributed by atoms with Crippen molar-refractivity contribution in [1.82, 2.24) is 14.4 Å². The molecule has 1 heterocycles. The molecule has 1 atom stereocenters. The molecule has 0 bridgehead atoms. The number of carbonyl (C=O) groups excluding carboxylic acids is 2. The third-order valence-corrected chi connectivity index (χ3v) is 8.12. The molecule has 3 aromatic rings. The highest BCUT2D eigenvalue weighted by Gasteiger charge is 2.32. The van der Waals surface area contributed by atoms with Crippen LogP contribution in [0.15, 0.2) is 66.9 Å². The summed E-state index contributed by atoms with van der Waals surface area (Å²) in [6.07, 6.45) is 8.21. The lowest BCUT2D eigenvalue weighted by atomic mass is 9.94. The summed E-state index contributed by atoms with van der Waals surface area (Å²) in [7, 11) is 3.08. The highest BCUT2D eigenvalue weighted by Crippen LogP contribution is 2.31. The van der Waals surface area contributed by atoms with Gasteiger partial charge in [-0.1, -0.05) is 62.6 Å². The van der Waals surface area contributed by atoms with Crippen LogP contribution in [0.4, 0.5) is 0 Å². The Hall–Kier alpha value is -3.74. The molecular formula is C33H43N3O4. The van der Waals surface area contributed by atoms with E-state index in [9.17, 15) is 9.59 Å². The molecule has 0 N–H and O–H groups in total. The predicted octanol–water partition coefficient (Wildman–Crippen LogP) is 6.16. The summed E-state index contributed by atoms with van der Waals surface area (Å²) in [5.41, 5.74) is 2.66. The van der Waals surface area contributed by atoms with Gasteiger partial charge >= 0.3 is 0 Å². The Morgan fingerprint density at radius 3 is 2.23 bits per heavy atom. The maximum atomic E-state index is 14.2. The van der Waals surface area contributed by atoms with Gasteiger partial charge in [-0.3, -0.25) is 9.59 Å². The van der Waals surface area contributed by atoms with Gasteiger partial charge in [-0.25, -0.2) is 0 Å². The van der Waals surface area contributed by atoms with Gasteiger partial charge in [0.1, 0.15) is 23.6 Å². The van der Waals surface area contributed by atoms with Crippen molar-refractivity contribution in [2.24, 2.45) is 0 Å². The van der Waals surface area contributed by atoms with E-state index in [4.69, 9.17) is 9.47 Å². The second-order valence-corrected chi connectivity index (χ2v) is 10.7. The molecule has 40 heavy (non-hydrogen) atoms. The summed E-state index contributed by atoms with van der Waals surface area (Å²) in [6.45, 7) is 5.29. The van der Waals surface area contributed by atoms with Gasteiger partial charge in [0.15, 0.2) is 0 Å². The smallest absolute Gasteiger partial charge is 0.262 e. The summed E-state index contributed by atoms with van der Waals surface area (Å²) in [5.74, 6) is 0.593. The second-order valence-electron chi connectivity index (χ2n) is 10.7. The molecular weight excluding hydrogens is 502 g/mol. The van der Waals surface area contributed by atoms with Crippen molar-refractivity contribution in [1.29, 1.82) is 0 Å². The van der Waals surface area contributed by atoms with Crippen LogP contribution in [0.5, 0.6) is 11.5 Å². The topological polar surface area (TPSA) is 64.0 Å². The van der Waals surface area contributed by atoms with Crippen LogP contribution in [0.3, 0.4) is 0 Å². The number of carbonyl (C=O) groups is 2. The number of nitrogens with zero attached hydrogens (tertiary/aromatic N) is 3. The number of amides is 2. The molecule has 2 amide bonds. The minimum absolute atomic E-state index is 0.00490. The van der Waals surface area contributed by atoms with Gasteiger partial charge in [0.25, 0.3) is 5.91 Å². The summed E-state index contributed by atoms with van der Waals surface area (Å²) in [6, 6.07) is 19.8. The summed E-state index contributed by atoms with van der Waals surface area (Å²) >= 11 is 0. The zero-order valence-corrected chi connectivity index (χ0v) is 24.3. The quantitative estimate of drug-likeness (QED) is 0.274. The molecule has 0 saturated heterocycles. The lowest BCUT2D eigenvalue weighted by molar-refractivity contribution is -0.136. The summed E-state index contributed by atoms with van der Waals surface area (Å²) in [4.78, 5) is 31.9. The van der Waals surface area contributed by atoms with E-state index in [2.05, 4.69) is 29.0 Å². The zero-order chi connectivity index (χ0) is 28.5. The Balaban J connectivity index is 1.61. The van der Waals surface area contributed by atoms with Crippen LogP contribution in [0, 0.1) is 0 Å². The van der Waals surface area contributed by atoms with Gasteiger partial charge in [-0.15, -0.1) is 0 Å². The van der Waals surface area contributed by atoms with Gasteiger partial charge < -0.3 is 23.8 Å². The molecule has 1 aliphatic rings. The van der Waals surface area contributed by atoms with E-state index >= 15 is 0 Å². The number of methoxy groups -OCH3 is 2. The normalized spacial score (nSPS) is 14.4. The maximum absolute atomic E-state index is 14.2. The highest BCUT2D eigenvalue weighted by atomic mass is 16.5. The fourth-order valence-corrected chi connectivity index (χ4v) is 5.61. The average Bonchev–Trinajstić information content (AvgIpc) is 3.44. The van der Waals surface area contributed by atoms with Gasteiger partial charge in [0.05, 0.1) is 20.8 Å². The number of hydrogen-bond acceptors (Lipinski definition) is 4. The summed E-state index contributed by atoms with van der Waals surface area (Å²) in [5, 5.41) is 0. The summed E-state index contributed by atoms with van der Waals surface area (Å²) < 4.78 is 13.3. The number of benzene rings is 2. The van der Waals surface area contributed by atoms with Crippen LogP contribution in [-0.2, 0) is 17.9 Å². The maximum Gasteiger partial charge on any atom is 0.262 e. The molecule has 0 radical (unpaired) electrons. The van der Waals surface area contributed by atoms with Crippen LogP contribution in [0.2, 0.25) is 0 Å². The van der Waals surface area contributed by atoms with Gasteiger partial charge in [-0.2, -0.15) is 0 Å². The van der Waals surface area contributed by atoms with Crippen molar-refractivity contribution in [3.63, 3.8) is 0 Å². The van der Waals surface area contributed by atoms with E-state index in [0.29, 0.717) is 23.6 Å². The van der Waals surface area contributed by atoms with Crippen molar-refractivity contribution < 1.29 is 19.1 Å². The Kier molecular flexibility index (Phi) is 10.3. The molecule has 4 rings (SSSR count). The minimum Gasteiger partial charge on any atom is -0.496 e. The van der Waals surface area contributed by atoms with Crippen LogP contribution in [-0.4, -0.2) is 59.0 Å². The largest absolute Gasteiger partial charge is 0.496 e. The lowest BCUT2D eigenvalue weighted by Gasteiger charge is -2.37. The molecule has 7 heteroatoms. The molecule has 1 aromatic heterocycles.